The van der Waals surface area contributed by atoms with Crippen LogP contribution in [0.4, 0.5) is 0 Å². The fraction of sp³-hybridized carbons (Fsp3) is 0.0308. The molecule has 320 valence electrons. The van der Waals surface area contributed by atoms with Gasteiger partial charge in [-0.25, -0.2) is 0 Å². The van der Waals surface area contributed by atoms with E-state index >= 15 is 0 Å². The van der Waals surface area contributed by atoms with Crippen molar-refractivity contribution >= 4 is 11.4 Å². The second kappa shape index (κ2) is 16.3. The lowest BCUT2D eigenvalue weighted by atomic mass is 9.66. The predicted molar refractivity (Wildman–Crippen MR) is 279 cm³/mol. The molecular formula is C65H44N2O. The van der Waals surface area contributed by atoms with Crippen molar-refractivity contribution in [1.82, 2.24) is 5.32 Å². The molecule has 3 heteroatoms. The summed E-state index contributed by atoms with van der Waals surface area (Å²) in [5, 5.41) is 3.74. The number of allylic oxidation sites excluding steroid dienone is 1. The highest BCUT2D eigenvalue weighted by atomic mass is 16.5. The highest BCUT2D eigenvalue weighted by molar-refractivity contribution is 6.13. The summed E-state index contributed by atoms with van der Waals surface area (Å²) in [7, 11) is 0. The molecule has 3 nitrogen and oxygen atoms in total. The molecule has 0 amide bonds. The number of benzene rings is 10. The van der Waals surface area contributed by atoms with Crippen molar-refractivity contribution in [3.05, 3.63) is 294 Å². The molecule has 1 N–H and O–H groups in total. The smallest absolute Gasteiger partial charge is 0.145 e. The second-order valence-corrected chi connectivity index (χ2v) is 17.9. The zero-order chi connectivity index (χ0) is 45.0. The van der Waals surface area contributed by atoms with Gasteiger partial charge < -0.3 is 10.1 Å². The number of fused-ring (bicyclic) bond motifs is 9. The number of hydrogen-bond donors (Lipinski definition) is 1. The van der Waals surface area contributed by atoms with E-state index in [4.69, 9.17) is 9.73 Å². The Labute approximate surface area is 397 Å². The Hall–Kier alpha value is -8.79. The summed E-state index contributed by atoms with van der Waals surface area (Å²) in [6.45, 7) is 0. The summed E-state index contributed by atoms with van der Waals surface area (Å²) in [6.07, 6.45) is 1.97. The molecular weight excluding hydrogens is 825 g/mol. The highest BCUT2D eigenvalue weighted by Gasteiger charge is 2.51. The minimum atomic E-state index is -0.479. The van der Waals surface area contributed by atoms with Crippen molar-refractivity contribution in [2.45, 2.75) is 11.6 Å². The third-order valence-corrected chi connectivity index (χ3v) is 14.0. The number of hydrogen-bond acceptors (Lipinski definition) is 3. The van der Waals surface area contributed by atoms with E-state index in [1.807, 2.05) is 0 Å². The van der Waals surface area contributed by atoms with Crippen LogP contribution in [0.5, 0.6) is 11.5 Å². The normalized spacial score (nSPS) is 14.9. The van der Waals surface area contributed by atoms with Crippen LogP contribution in [-0.2, 0) is 5.41 Å². The molecule has 1 aliphatic carbocycles. The molecule has 1 unspecified atom stereocenters. The zero-order valence-corrected chi connectivity index (χ0v) is 37.2. The summed E-state index contributed by atoms with van der Waals surface area (Å²) >= 11 is 0. The fourth-order valence-electron chi connectivity index (χ4n) is 10.8. The van der Waals surface area contributed by atoms with E-state index in [0.29, 0.717) is 0 Å². The standard InChI is InChI=1S/C65H44N2O/c1-3-16-43(17-4-1)44-32-34-45(35-33-44)60-42-61(67-64(66-60)46-18-5-2-6-19-46)53-25-15-24-51(40-53)49-22-13-20-47(38-49)48-21-14-23-50(39-48)52-36-37-57-55(41-52)54-26-7-8-27-56(54)65(57)58-28-9-11-30-62(58)68-63-31-12-10-29-59(63)65/h1-42,64,66H. The largest absolute Gasteiger partial charge is 0.457 e. The first-order valence-electron chi connectivity index (χ1n) is 23.4. The van der Waals surface area contributed by atoms with Gasteiger partial charge in [-0.3, -0.25) is 4.99 Å². The molecule has 2 aliphatic heterocycles. The second-order valence-electron chi connectivity index (χ2n) is 17.9. The molecule has 1 atom stereocenters. The van der Waals surface area contributed by atoms with Crippen LogP contribution in [0, 0.1) is 0 Å². The molecule has 13 rings (SSSR count). The molecule has 0 radical (unpaired) electrons. The summed E-state index contributed by atoms with van der Waals surface area (Å²) < 4.78 is 6.55. The van der Waals surface area contributed by atoms with Gasteiger partial charge in [0.1, 0.15) is 17.7 Å². The fourth-order valence-corrected chi connectivity index (χ4v) is 10.8. The Bertz CT molecular complexity index is 3580. The first-order valence-corrected chi connectivity index (χ1v) is 23.4. The Morgan fingerprint density at radius 1 is 0.338 bits per heavy atom. The van der Waals surface area contributed by atoms with E-state index in [1.54, 1.807) is 0 Å². The molecule has 68 heavy (non-hydrogen) atoms. The van der Waals surface area contributed by atoms with Crippen LogP contribution >= 0.6 is 0 Å². The lowest BCUT2D eigenvalue weighted by Crippen LogP contribution is -2.32. The van der Waals surface area contributed by atoms with Crippen LogP contribution in [0.25, 0.3) is 61.3 Å². The zero-order valence-electron chi connectivity index (χ0n) is 37.2. The maximum absolute atomic E-state index is 6.55. The van der Waals surface area contributed by atoms with Gasteiger partial charge in [0.25, 0.3) is 0 Å². The predicted octanol–water partition coefficient (Wildman–Crippen LogP) is 16.0. The minimum absolute atomic E-state index is 0.226. The van der Waals surface area contributed by atoms with E-state index in [9.17, 15) is 0 Å². The SMILES string of the molecule is C1=C(c2ccc(-c3ccccc3)cc2)NC(c2ccccc2)N=C1c1cccc(-c2cccc(-c3cccc(-c4ccc5c(c4)-c4ccccc4C54c5ccccc5Oc5ccccc54)c3)c2)c1. The van der Waals surface area contributed by atoms with Gasteiger partial charge in [0.15, 0.2) is 0 Å². The summed E-state index contributed by atoms with van der Waals surface area (Å²) in [5.74, 6) is 1.81. The van der Waals surface area contributed by atoms with Crippen molar-refractivity contribution in [3.8, 4) is 67.1 Å². The van der Waals surface area contributed by atoms with Crippen LogP contribution < -0.4 is 10.1 Å². The summed E-state index contributed by atoms with van der Waals surface area (Å²) in [4.78, 5) is 5.30. The van der Waals surface area contributed by atoms with Gasteiger partial charge >= 0.3 is 0 Å². The third kappa shape index (κ3) is 6.62. The molecule has 0 saturated heterocycles. The van der Waals surface area contributed by atoms with Gasteiger partial charge in [0, 0.05) is 22.4 Å². The van der Waals surface area contributed by atoms with Crippen LogP contribution in [-0.4, -0.2) is 5.71 Å². The van der Waals surface area contributed by atoms with Crippen LogP contribution in [0.15, 0.2) is 260 Å². The molecule has 1 spiro atoms. The number of rotatable bonds is 7. The number of ether oxygens (including phenoxy) is 1. The van der Waals surface area contributed by atoms with Crippen LogP contribution in [0.3, 0.4) is 0 Å². The van der Waals surface area contributed by atoms with E-state index in [2.05, 4.69) is 260 Å². The first-order chi connectivity index (χ1) is 33.7. The van der Waals surface area contributed by atoms with Crippen LogP contribution in [0.1, 0.15) is 45.1 Å². The topological polar surface area (TPSA) is 33.6 Å². The minimum Gasteiger partial charge on any atom is -0.457 e. The molecule has 2 heterocycles. The number of nitrogens with one attached hydrogen (secondary N) is 1. The maximum Gasteiger partial charge on any atom is 0.145 e. The third-order valence-electron chi connectivity index (χ3n) is 14.0. The molecule has 3 aliphatic rings. The van der Waals surface area contributed by atoms with Gasteiger partial charge in [-0.15, -0.1) is 0 Å². The van der Waals surface area contributed by atoms with E-state index in [1.165, 1.54) is 66.8 Å². The molecule has 0 saturated carbocycles. The van der Waals surface area contributed by atoms with E-state index in [-0.39, 0.29) is 6.17 Å². The summed E-state index contributed by atoms with van der Waals surface area (Å²) in [6, 6.07) is 89.5. The summed E-state index contributed by atoms with van der Waals surface area (Å²) in [5.41, 5.74) is 21.7. The molecule has 10 aromatic rings. The van der Waals surface area contributed by atoms with Gasteiger partial charge in [-0.2, -0.15) is 0 Å². The average molecular weight is 869 g/mol. The van der Waals surface area contributed by atoms with Gasteiger partial charge in [0.05, 0.1) is 11.1 Å². The van der Waals surface area contributed by atoms with E-state index in [0.717, 1.165) is 50.7 Å². The molecule has 0 bridgehead atoms. The monoisotopic (exact) mass is 868 g/mol. The van der Waals surface area contributed by atoms with E-state index < -0.39 is 5.41 Å². The van der Waals surface area contributed by atoms with Gasteiger partial charge in [-0.1, -0.05) is 212 Å². The van der Waals surface area contributed by atoms with Gasteiger partial charge in [-0.05, 0) is 120 Å². The molecule has 10 aromatic carbocycles. The molecule has 0 aromatic heterocycles. The lowest BCUT2D eigenvalue weighted by molar-refractivity contribution is 0.436. The first kappa shape index (κ1) is 39.6. The Balaban J connectivity index is 0.838. The van der Waals surface area contributed by atoms with Crippen LogP contribution in [0.2, 0.25) is 0 Å². The van der Waals surface area contributed by atoms with Crippen molar-refractivity contribution in [2.24, 2.45) is 4.99 Å². The van der Waals surface area contributed by atoms with Gasteiger partial charge in [0.2, 0.25) is 0 Å². The number of aliphatic imine (C=N–C) groups is 1. The average Bonchev–Trinajstić information content (AvgIpc) is 3.71. The Morgan fingerprint density at radius 3 is 1.41 bits per heavy atom. The van der Waals surface area contributed by atoms with Crippen molar-refractivity contribution in [2.75, 3.05) is 0 Å². The highest BCUT2D eigenvalue weighted by Crippen LogP contribution is 2.62. The Kier molecular flexibility index (Phi) is 9.47. The van der Waals surface area contributed by atoms with Crippen molar-refractivity contribution in [1.29, 1.82) is 0 Å². The maximum atomic E-state index is 6.55. The number of para-hydroxylation sites is 2. The quantitative estimate of drug-likeness (QED) is 0.173. The lowest BCUT2D eigenvalue weighted by Gasteiger charge is -2.39. The van der Waals surface area contributed by atoms with Crippen molar-refractivity contribution < 1.29 is 4.74 Å². The Morgan fingerprint density at radius 2 is 0.779 bits per heavy atom. The van der Waals surface area contributed by atoms with Crippen molar-refractivity contribution in [3.63, 3.8) is 0 Å². The number of nitrogens with zero attached hydrogens (tertiary/aromatic N) is 1. The molecule has 0 fully saturated rings.